The molecule has 32 heavy (non-hydrogen) atoms. The first-order valence-corrected chi connectivity index (χ1v) is 12.4. The van der Waals surface area contributed by atoms with E-state index in [1.165, 1.54) is 29.5 Å². The van der Waals surface area contributed by atoms with Crippen LogP contribution in [0.5, 0.6) is 0 Å². The van der Waals surface area contributed by atoms with Gasteiger partial charge in [-0.3, -0.25) is 4.79 Å². The molecular weight excluding hydrogens is 465 g/mol. The smallest absolute Gasteiger partial charge is 0.357 e. The zero-order chi connectivity index (χ0) is 23.1. The highest BCUT2D eigenvalue weighted by Gasteiger charge is 2.31. The summed E-state index contributed by atoms with van der Waals surface area (Å²) in [5.74, 6) is -0.00331. The van der Waals surface area contributed by atoms with Gasteiger partial charge >= 0.3 is 6.18 Å². The Labute approximate surface area is 186 Å². The number of carbonyl (C=O) groups excluding carboxylic acids is 1. The lowest BCUT2D eigenvalue weighted by Crippen LogP contribution is -2.38. The Morgan fingerprint density at radius 3 is 2.50 bits per heavy atom. The topological polar surface area (TPSA) is 92.3 Å². The molecule has 1 saturated heterocycles. The molecule has 1 N–H and O–H groups in total. The number of pyridine rings is 1. The van der Waals surface area contributed by atoms with E-state index in [4.69, 9.17) is 0 Å². The van der Waals surface area contributed by atoms with Crippen molar-refractivity contribution in [3.8, 4) is 0 Å². The Kier molecular flexibility index (Phi) is 5.84. The number of hydrogen-bond donors (Lipinski definition) is 1. The number of hydrogen-bond acceptors (Lipinski definition) is 7. The van der Waals surface area contributed by atoms with Gasteiger partial charge < -0.3 is 10.2 Å². The van der Waals surface area contributed by atoms with Crippen molar-refractivity contribution in [3.63, 3.8) is 0 Å². The van der Waals surface area contributed by atoms with Crippen molar-refractivity contribution in [1.29, 1.82) is 0 Å². The third kappa shape index (κ3) is 4.85. The monoisotopic (exact) mass is 484 g/mol. The lowest BCUT2D eigenvalue weighted by Gasteiger charge is -2.32. The minimum absolute atomic E-state index is 0.188. The second kappa shape index (κ2) is 8.32. The summed E-state index contributed by atoms with van der Waals surface area (Å²) in [4.78, 5) is 23.0. The van der Waals surface area contributed by atoms with Crippen LogP contribution >= 0.6 is 11.3 Å². The number of thiazole rings is 1. The molecule has 1 aromatic carbocycles. The molecular formula is C20H19F3N4O3S2. The average molecular weight is 485 g/mol. The van der Waals surface area contributed by atoms with Crippen molar-refractivity contribution < 1.29 is 26.4 Å². The van der Waals surface area contributed by atoms with Crippen LogP contribution in [-0.4, -0.2) is 43.6 Å². The largest absolute Gasteiger partial charge is 0.417 e. The molecule has 1 aliphatic rings. The van der Waals surface area contributed by atoms with Crippen molar-refractivity contribution in [2.45, 2.75) is 23.9 Å². The molecule has 1 fully saturated rings. The highest BCUT2D eigenvalue weighted by molar-refractivity contribution is 7.90. The van der Waals surface area contributed by atoms with E-state index in [0.717, 1.165) is 18.5 Å². The first kappa shape index (κ1) is 22.5. The minimum atomic E-state index is -4.43. The molecule has 170 valence electrons. The van der Waals surface area contributed by atoms with Crippen LogP contribution in [0.1, 0.15) is 18.4 Å². The molecule has 1 aliphatic heterocycles. The molecule has 0 spiro atoms. The molecule has 0 saturated carbocycles. The van der Waals surface area contributed by atoms with Gasteiger partial charge in [-0.05, 0) is 43.2 Å². The zero-order valence-electron chi connectivity index (χ0n) is 16.9. The summed E-state index contributed by atoms with van der Waals surface area (Å²) >= 11 is 1.20. The van der Waals surface area contributed by atoms with Crippen LogP contribution < -0.4 is 10.2 Å². The number of sulfone groups is 1. The number of fused-ring (bicyclic) bond motifs is 1. The van der Waals surface area contributed by atoms with Gasteiger partial charge in [-0.15, -0.1) is 0 Å². The van der Waals surface area contributed by atoms with E-state index >= 15 is 0 Å². The van der Waals surface area contributed by atoms with Crippen LogP contribution in [0.15, 0.2) is 41.4 Å². The van der Waals surface area contributed by atoms with Crippen molar-refractivity contribution in [3.05, 3.63) is 42.1 Å². The summed E-state index contributed by atoms with van der Waals surface area (Å²) in [5, 5.41) is 3.19. The van der Waals surface area contributed by atoms with Gasteiger partial charge in [0.2, 0.25) is 5.91 Å². The zero-order valence-corrected chi connectivity index (χ0v) is 18.5. The highest BCUT2D eigenvalue weighted by Crippen LogP contribution is 2.31. The predicted octanol–water partition coefficient (Wildman–Crippen LogP) is 3.97. The summed E-state index contributed by atoms with van der Waals surface area (Å²) in [6, 6.07) is 6.97. The van der Waals surface area contributed by atoms with Gasteiger partial charge in [0.15, 0.2) is 15.0 Å². The second-order valence-corrected chi connectivity index (χ2v) is 10.6. The summed E-state index contributed by atoms with van der Waals surface area (Å²) in [6.45, 7) is 0.988. The average Bonchev–Trinajstić information content (AvgIpc) is 3.14. The fraction of sp³-hybridized carbons (Fsp3) is 0.350. The van der Waals surface area contributed by atoms with E-state index in [1.54, 1.807) is 6.07 Å². The Morgan fingerprint density at radius 1 is 1.19 bits per heavy atom. The number of alkyl halides is 3. The van der Waals surface area contributed by atoms with Crippen molar-refractivity contribution >= 4 is 48.2 Å². The minimum Gasteiger partial charge on any atom is -0.357 e. The highest BCUT2D eigenvalue weighted by atomic mass is 32.2. The number of amides is 1. The number of anilines is 2. The maximum Gasteiger partial charge on any atom is 0.417 e. The number of carbonyl (C=O) groups is 1. The van der Waals surface area contributed by atoms with Crippen LogP contribution in [-0.2, 0) is 20.8 Å². The Morgan fingerprint density at radius 2 is 1.91 bits per heavy atom. The Balaban J connectivity index is 1.37. The molecule has 0 unspecified atom stereocenters. The maximum atomic E-state index is 12.7. The van der Waals surface area contributed by atoms with Gasteiger partial charge in [0, 0.05) is 31.5 Å². The molecule has 7 nitrogen and oxygen atoms in total. The second-order valence-electron chi connectivity index (χ2n) is 7.57. The molecule has 3 aromatic rings. The summed E-state index contributed by atoms with van der Waals surface area (Å²) in [7, 11) is -3.34. The first-order valence-electron chi connectivity index (χ1n) is 9.70. The molecule has 0 aliphatic carbocycles. The molecule has 0 radical (unpaired) electrons. The molecule has 3 heterocycles. The van der Waals surface area contributed by atoms with Crippen LogP contribution in [0.4, 0.5) is 24.1 Å². The van der Waals surface area contributed by atoms with E-state index in [9.17, 15) is 26.4 Å². The number of nitrogens with zero attached hydrogens (tertiary/aromatic N) is 3. The van der Waals surface area contributed by atoms with E-state index < -0.39 is 21.6 Å². The Bertz CT molecular complexity index is 1250. The molecule has 0 atom stereocenters. The fourth-order valence-electron chi connectivity index (χ4n) is 3.51. The first-order chi connectivity index (χ1) is 15.0. The molecule has 0 bridgehead atoms. The Hall–Kier alpha value is -2.73. The van der Waals surface area contributed by atoms with Crippen molar-refractivity contribution in [1.82, 2.24) is 9.97 Å². The lowest BCUT2D eigenvalue weighted by molar-refractivity contribution is -0.137. The van der Waals surface area contributed by atoms with Gasteiger partial charge in [0.25, 0.3) is 0 Å². The number of halogens is 3. The van der Waals surface area contributed by atoms with Gasteiger partial charge in [-0.1, -0.05) is 11.3 Å². The third-order valence-corrected chi connectivity index (χ3v) is 7.33. The summed E-state index contributed by atoms with van der Waals surface area (Å²) < 4.78 is 62.2. The summed E-state index contributed by atoms with van der Waals surface area (Å²) in [6.07, 6.45) is -1.43. The van der Waals surface area contributed by atoms with Gasteiger partial charge in [0.05, 0.1) is 20.7 Å². The van der Waals surface area contributed by atoms with Crippen LogP contribution in [0.3, 0.4) is 0 Å². The number of benzene rings is 1. The molecule has 4 rings (SSSR count). The van der Waals surface area contributed by atoms with Crippen LogP contribution in [0.2, 0.25) is 0 Å². The van der Waals surface area contributed by atoms with Gasteiger partial charge in [-0.2, -0.15) is 13.2 Å². The van der Waals surface area contributed by atoms with E-state index in [-0.39, 0.29) is 16.7 Å². The number of rotatable bonds is 4. The van der Waals surface area contributed by atoms with Crippen LogP contribution in [0.25, 0.3) is 10.2 Å². The molecule has 1 amide bonds. The lowest BCUT2D eigenvalue weighted by atomic mass is 9.96. The standard InChI is InChI=1S/C20H19F3N4O3S2/c1-32(29,30)14-3-4-15-16(10-14)31-19(25-15)26-18(28)12-6-8-27(9-7-12)17-5-2-13(11-24-17)20(21,22)23/h2-5,10-12H,6-9H2,1H3,(H,25,26,28). The van der Waals surface area contributed by atoms with Gasteiger partial charge in [-0.25, -0.2) is 18.4 Å². The third-order valence-electron chi connectivity index (χ3n) is 5.28. The van der Waals surface area contributed by atoms with E-state index in [1.807, 2.05) is 4.90 Å². The van der Waals surface area contributed by atoms with E-state index in [2.05, 4.69) is 15.3 Å². The SMILES string of the molecule is CS(=O)(=O)c1ccc2nc(NC(=O)C3CCN(c4ccc(C(F)(F)F)cn4)CC3)sc2c1. The van der Waals surface area contributed by atoms with E-state index in [0.29, 0.717) is 47.1 Å². The van der Waals surface area contributed by atoms with Crippen molar-refractivity contribution in [2.75, 3.05) is 29.6 Å². The maximum absolute atomic E-state index is 12.7. The fourth-order valence-corrected chi connectivity index (χ4v) is 5.14. The summed E-state index contributed by atoms with van der Waals surface area (Å²) in [5.41, 5.74) is -0.198. The number of aromatic nitrogens is 2. The predicted molar refractivity (Wildman–Crippen MR) is 116 cm³/mol. The number of piperidine rings is 1. The normalized spacial score (nSPS) is 15.8. The van der Waals surface area contributed by atoms with Gasteiger partial charge in [0.1, 0.15) is 5.82 Å². The quantitative estimate of drug-likeness (QED) is 0.603. The van der Waals surface area contributed by atoms with Crippen molar-refractivity contribution in [2.24, 2.45) is 5.92 Å². The number of nitrogens with one attached hydrogen (secondary N) is 1. The van der Waals surface area contributed by atoms with Crippen LogP contribution in [0, 0.1) is 5.92 Å². The molecule has 12 heteroatoms. The molecule has 2 aromatic heterocycles.